The number of nitriles is 1. The summed E-state index contributed by atoms with van der Waals surface area (Å²) in [7, 11) is 2.91. The lowest BCUT2D eigenvalue weighted by molar-refractivity contribution is -0.141. The number of methoxy groups -OCH3 is 2. The first kappa shape index (κ1) is 19.3. The maximum Gasteiger partial charge on any atom is 0.433 e. The molecule has 138 valence electrons. The normalized spacial score (nSPS) is 12.2. The van der Waals surface area contributed by atoms with E-state index in [9.17, 15) is 18.3 Å². The number of aliphatic hydroxyl groups is 1. The summed E-state index contributed by atoms with van der Waals surface area (Å²) in [6, 6.07) is 8.27. The molecule has 2 aromatic rings. The van der Waals surface area contributed by atoms with Crippen molar-refractivity contribution in [2.75, 3.05) is 26.1 Å². The van der Waals surface area contributed by atoms with Gasteiger partial charge in [-0.25, -0.2) is 4.98 Å². The molecule has 2 rings (SSSR count). The van der Waals surface area contributed by atoms with Crippen LogP contribution in [0.15, 0.2) is 30.3 Å². The molecular formula is C17H16F3N3O3. The molecule has 1 unspecified atom stereocenters. The first-order chi connectivity index (χ1) is 12.3. The zero-order valence-corrected chi connectivity index (χ0v) is 14.0. The van der Waals surface area contributed by atoms with Crippen LogP contribution in [0.3, 0.4) is 0 Å². The molecule has 26 heavy (non-hydrogen) atoms. The largest absolute Gasteiger partial charge is 0.497 e. The molecule has 0 aliphatic rings. The third-order valence-electron chi connectivity index (χ3n) is 3.53. The van der Waals surface area contributed by atoms with Gasteiger partial charge in [-0.2, -0.15) is 18.4 Å². The molecule has 0 aliphatic carbocycles. The Labute approximate surface area is 147 Å². The number of benzene rings is 1. The molecule has 0 saturated heterocycles. The van der Waals surface area contributed by atoms with E-state index in [-0.39, 0.29) is 17.9 Å². The van der Waals surface area contributed by atoms with Crippen LogP contribution >= 0.6 is 0 Å². The zero-order chi connectivity index (χ0) is 19.3. The van der Waals surface area contributed by atoms with Crippen molar-refractivity contribution in [1.82, 2.24) is 4.98 Å². The van der Waals surface area contributed by atoms with Gasteiger partial charge in [0.1, 0.15) is 29.1 Å². The van der Waals surface area contributed by atoms with E-state index in [1.165, 1.54) is 14.2 Å². The van der Waals surface area contributed by atoms with Crippen LogP contribution in [-0.2, 0) is 6.18 Å². The molecule has 0 saturated carbocycles. The topological polar surface area (TPSA) is 87.4 Å². The Morgan fingerprint density at radius 2 is 1.81 bits per heavy atom. The predicted octanol–water partition coefficient (Wildman–Crippen LogP) is 3.13. The number of pyridine rings is 1. The third kappa shape index (κ3) is 4.55. The first-order valence-electron chi connectivity index (χ1n) is 7.41. The first-order valence-corrected chi connectivity index (χ1v) is 7.41. The molecule has 2 N–H and O–H groups in total. The number of alkyl halides is 3. The molecule has 0 fully saturated rings. The van der Waals surface area contributed by atoms with E-state index in [0.717, 1.165) is 12.1 Å². The van der Waals surface area contributed by atoms with E-state index in [1.807, 2.05) is 0 Å². The highest BCUT2D eigenvalue weighted by molar-refractivity contribution is 5.53. The number of ether oxygens (including phenoxy) is 2. The Balaban J connectivity index is 2.22. The lowest BCUT2D eigenvalue weighted by atomic mass is 10.1. The van der Waals surface area contributed by atoms with Gasteiger partial charge in [-0.15, -0.1) is 0 Å². The fourth-order valence-corrected chi connectivity index (χ4v) is 2.18. The van der Waals surface area contributed by atoms with Crippen LogP contribution in [0.5, 0.6) is 11.5 Å². The van der Waals surface area contributed by atoms with E-state index in [4.69, 9.17) is 14.7 Å². The van der Waals surface area contributed by atoms with Gasteiger partial charge in [0.15, 0.2) is 0 Å². The summed E-state index contributed by atoms with van der Waals surface area (Å²) in [5, 5.41) is 21.9. The predicted molar refractivity (Wildman–Crippen MR) is 86.9 cm³/mol. The van der Waals surface area contributed by atoms with Crippen LogP contribution in [0.4, 0.5) is 19.0 Å². The minimum Gasteiger partial charge on any atom is -0.497 e. The van der Waals surface area contributed by atoms with Crippen molar-refractivity contribution in [3.8, 4) is 17.6 Å². The van der Waals surface area contributed by atoms with E-state index in [1.54, 1.807) is 24.3 Å². The molecule has 1 aromatic carbocycles. The van der Waals surface area contributed by atoms with Gasteiger partial charge in [0.05, 0.1) is 25.9 Å². The number of hydrogen-bond acceptors (Lipinski definition) is 6. The summed E-state index contributed by atoms with van der Waals surface area (Å²) < 4.78 is 48.6. The summed E-state index contributed by atoms with van der Waals surface area (Å²) in [6.45, 7) is -0.167. The number of nitrogens with one attached hydrogen (secondary N) is 1. The number of aliphatic hydroxyl groups excluding tert-OH is 1. The highest BCUT2D eigenvalue weighted by Gasteiger charge is 2.33. The Hall–Kier alpha value is -2.99. The van der Waals surface area contributed by atoms with E-state index >= 15 is 0 Å². The minimum absolute atomic E-state index is 0.0616. The van der Waals surface area contributed by atoms with Crippen molar-refractivity contribution in [3.63, 3.8) is 0 Å². The maximum atomic E-state index is 12.8. The highest BCUT2D eigenvalue weighted by Crippen LogP contribution is 2.30. The van der Waals surface area contributed by atoms with Gasteiger partial charge < -0.3 is 19.9 Å². The number of halogens is 3. The minimum atomic E-state index is -4.64. The Morgan fingerprint density at radius 3 is 2.31 bits per heavy atom. The van der Waals surface area contributed by atoms with Gasteiger partial charge in [-0.1, -0.05) is 0 Å². The fourth-order valence-electron chi connectivity index (χ4n) is 2.18. The molecule has 0 amide bonds. The van der Waals surface area contributed by atoms with Gasteiger partial charge in [0.2, 0.25) is 0 Å². The van der Waals surface area contributed by atoms with E-state index in [0.29, 0.717) is 17.1 Å². The van der Waals surface area contributed by atoms with Crippen LogP contribution in [0.1, 0.15) is 22.9 Å². The molecule has 0 radical (unpaired) electrons. The second-order valence-corrected chi connectivity index (χ2v) is 5.24. The van der Waals surface area contributed by atoms with Crippen LogP contribution in [0.25, 0.3) is 0 Å². The van der Waals surface area contributed by atoms with Crippen LogP contribution in [0, 0.1) is 11.3 Å². The summed E-state index contributed by atoms with van der Waals surface area (Å²) in [6.07, 6.45) is -5.73. The van der Waals surface area contributed by atoms with E-state index < -0.39 is 18.0 Å². The quantitative estimate of drug-likeness (QED) is 0.816. The van der Waals surface area contributed by atoms with Gasteiger partial charge in [-0.05, 0) is 29.8 Å². The molecule has 6 nitrogen and oxygen atoms in total. The molecule has 1 aromatic heterocycles. The number of rotatable bonds is 6. The van der Waals surface area contributed by atoms with Gasteiger partial charge in [-0.3, -0.25) is 0 Å². The average molecular weight is 367 g/mol. The van der Waals surface area contributed by atoms with Crippen LogP contribution in [0.2, 0.25) is 0 Å². The van der Waals surface area contributed by atoms with Crippen LogP contribution in [-0.4, -0.2) is 30.9 Å². The second-order valence-electron chi connectivity index (χ2n) is 5.24. The summed E-state index contributed by atoms with van der Waals surface area (Å²) in [5.41, 5.74) is -0.760. The smallest absolute Gasteiger partial charge is 0.433 e. The fraction of sp³-hybridized carbons (Fsp3) is 0.294. The van der Waals surface area contributed by atoms with Crippen molar-refractivity contribution < 1.29 is 27.8 Å². The molecule has 1 heterocycles. The van der Waals surface area contributed by atoms with Gasteiger partial charge in [0, 0.05) is 12.6 Å². The van der Waals surface area contributed by atoms with Crippen molar-refractivity contribution in [1.29, 1.82) is 5.26 Å². The lowest BCUT2D eigenvalue weighted by Crippen LogP contribution is -2.16. The number of anilines is 1. The SMILES string of the molecule is COc1cc(OC)cc(C(O)CNc2nc(C(F)(F)F)ccc2C#N)c1. The lowest BCUT2D eigenvalue weighted by Gasteiger charge is -2.16. The second kappa shape index (κ2) is 7.93. The van der Waals surface area contributed by atoms with Gasteiger partial charge in [0.25, 0.3) is 0 Å². The Kier molecular flexibility index (Phi) is 5.90. The van der Waals surface area contributed by atoms with Crippen molar-refractivity contribution in [3.05, 3.63) is 47.2 Å². The van der Waals surface area contributed by atoms with Gasteiger partial charge >= 0.3 is 6.18 Å². The number of hydrogen-bond donors (Lipinski definition) is 2. The molecular weight excluding hydrogens is 351 g/mol. The zero-order valence-electron chi connectivity index (χ0n) is 14.0. The Bertz CT molecular complexity index is 797. The molecule has 0 spiro atoms. The summed E-state index contributed by atoms with van der Waals surface area (Å²) in [5.74, 6) is 0.651. The van der Waals surface area contributed by atoms with Crippen molar-refractivity contribution >= 4 is 5.82 Å². The van der Waals surface area contributed by atoms with Crippen molar-refractivity contribution in [2.24, 2.45) is 0 Å². The number of aromatic nitrogens is 1. The summed E-state index contributed by atoms with van der Waals surface area (Å²) in [4.78, 5) is 3.43. The third-order valence-corrected chi connectivity index (χ3v) is 3.53. The molecule has 1 atom stereocenters. The Morgan fingerprint density at radius 1 is 1.19 bits per heavy atom. The standard InChI is InChI=1S/C17H16F3N3O3/c1-25-12-5-11(6-13(7-12)26-2)14(24)9-22-16-10(8-21)3-4-15(23-16)17(18,19)20/h3-7,14,24H,9H2,1-2H3,(H,22,23). The monoisotopic (exact) mass is 367 g/mol. The molecule has 0 bridgehead atoms. The number of nitrogens with zero attached hydrogens (tertiary/aromatic N) is 2. The maximum absolute atomic E-state index is 12.8. The average Bonchev–Trinajstić information content (AvgIpc) is 2.64. The van der Waals surface area contributed by atoms with Crippen LogP contribution < -0.4 is 14.8 Å². The molecule has 9 heteroatoms. The highest BCUT2D eigenvalue weighted by atomic mass is 19.4. The van der Waals surface area contributed by atoms with E-state index in [2.05, 4.69) is 10.3 Å². The van der Waals surface area contributed by atoms with Crippen molar-refractivity contribution in [2.45, 2.75) is 12.3 Å². The summed E-state index contributed by atoms with van der Waals surface area (Å²) >= 11 is 0. The molecule has 0 aliphatic heterocycles.